The second-order valence-electron chi connectivity index (χ2n) is 10.3. The summed E-state index contributed by atoms with van der Waals surface area (Å²) in [5.74, 6) is 1.75. The van der Waals surface area contributed by atoms with Crippen molar-refractivity contribution in [2.75, 3.05) is 18.1 Å². The van der Waals surface area contributed by atoms with Crippen molar-refractivity contribution in [3.63, 3.8) is 0 Å². The molecular weight excluding hydrogens is 878 g/mol. The summed E-state index contributed by atoms with van der Waals surface area (Å²) in [5.41, 5.74) is 3.36. The van der Waals surface area contributed by atoms with Crippen molar-refractivity contribution in [3.8, 4) is 11.5 Å². The summed E-state index contributed by atoms with van der Waals surface area (Å²) in [6, 6.07) is 28.9. The largest absolute Gasteiger partial charge is 0.492 e. The van der Waals surface area contributed by atoms with E-state index in [9.17, 15) is 0 Å². The molecule has 0 amide bonds. The van der Waals surface area contributed by atoms with Crippen LogP contribution in [0.15, 0.2) is 107 Å². The van der Waals surface area contributed by atoms with Gasteiger partial charge in [-0.05, 0) is 130 Å². The molecule has 0 fully saturated rings. The summed E-state index contributed by atoms with van der Waals surface area (Å²) < 4.78 is 16.8. The molecule has 0 saturated carbocycles. The molecule has 0 atom stereocenters. The molecule has 4 aromatic rings. The van der Waals surface area contributed by atoms with Crippen LogP contribution in [0.2, 0.25) is 0 Å². The zero-order valence-electron chi connectivity index (χ0n) is 25.3. The molecule has 0 aromatic heterocycles. The van der Waals surface area contributed by atoms with E-state index in [4.69, 9.17) is 9.47 Å². The van der Waals surface area contributed by atoms with Gasteiger partial charge in [0.2, 0.25) is 0 Å². The summed E-state index contributed by atoms with van der Waals surface area (Å²) in [6.45, 7) is 5.97. The van der Waals surface area contributed by atoms with E-state index in [-0.39, 0.29) is 0 Å². The van der Waals surface area contributed by atoms with Crippen molar-refractivity contribution in [1.82, 2.24) is 0 Å². The molecule has 4 rings (SSSR count). The molecule has 0 saturated heterocycles. The molecule has 0 spiro atoms. The topological polar surface area (TPSA) is 21.7 Å². The summed E-state index contributed by atoms with van der Waals surface area (Å²) in [6.07, 6.45) is 9.72. The first-order valence-corrected chi connectivity index (χ1v) is 19.1. The number of halogens is 5. The highest BCUT2D eigenvalue weighted by Crippen LogP contribution is 2.37. The quantitative estimate of drug-likeness (QED) is 0.111. The van der Waals surface area contributed by atoms with Gasteiger partial charge >= 0.3 is 0 Å². The first-order chi connectivity index (χ1) is 21.3. The molecule has 8 heteroatoms. The lowest BCUT2D eigenvalue weighted by atomic mass is 10.2. The third kappa shape index (κ3) is 12.8. The Hall–Kier alpha value is -1.32. The van der Waals surface area contributed by atoms with Crippen molar-refractivity contribution in [3.05, 3.63) is 107 Å². The highest BCUT2D eigenvalue weighted by atomic mass is 79.9. The zero-order chi connectivity index (χ0) is 31.7. The number of hydrogen-bond acceptors (Lipinski definition) is 3. The Morgan fingerprint density at radius 2 is 0.773 bits per heavy atom. The fourth-order valence-electron chi connectivity index (χ4n) is 4.37. The third-order valence-electron chi connectivity index (χ3n) is 6.75. The number of unbranched alkanes of at least 4 members (excludes halogenated alkanes) is 6. The Morgan fingerprint density at radius 3 is 1.07 bits per heavy atom. The normalized spacial score (nSPS) is 10.6. The molecule has 44 heavy (non-hydrogen) atoms. The van der Waals surface area contributed by atoms with Crippen molar-refractivity contribution >= 4 is 96.7 Å². The van der Waals surface area contributed by atoms with Crippen LogP contribution >= 0.6 is 79.6 Å². The molecule has 4 aromatic carbocycles. The molecule has 0 heterocycles. The Labute approximate surface area is 305 Å². The molecule has 0 aliphatic carbocycles. The number of hydrogen-bond donors (Lipinski definition) is 0. The predicted octanol–water partition coefficient (Wildman–Crippen LogP) is 14.6. The summed E-state index contributed by atoms with van der Waals surface area (Å²) in [5, 5.41) is 0. The maximum atomic E-state index is 5.84. The summed E-state index contributed by atoms with van der Waals surface area (Å²) in [7, 11) is 0. The molecule has 0 N–H and O–H groups in total. The van der Waals surface area contributed by atoms with Crippen LogP contribution in [-0.4, -0.2) is 13.2 Å². The Bertz CT molecular complexity index is 1230. The van der Waals surface area contributed by atoms with Crippen molar-refractivity contribution in [2.45, 2.75) is 65.2 Å². The summed E-state index contributed by atoms with van der Waals surface area (Å²) in [4.78, 5) is 2.23. The zero-order valence-corrected chi connectivity index (χ0v) is 33.2. The second kappa shape index (κ2) is 20.7. The van der Waals surface area contributed by atoms with Crippen molar-refractivity contribution in [2.24, 2.45) is 0 Å². The van der Waals surface area contributed by atoms with E-state index >= 15 is 0 Å². The molecular formula is C36H40Br5NO2. The first-order valence-electron chi connectivity index (χ1n) is 15.1. The van der Waals surface area contributed by atoms with Crippen LogP contribution in [-0.2, 0) is 0 Å². The van der Waals surface area contributed by atoms with Crippen molar-refractivity contribution in [1.29, 1.82) is 0 Å². The highest BCUT2D eigenvalue weighted by molar-refractivity contribution is 9.11. The Balaban J connectivity index is 0.000000240. The van der Waals surface area contributed by atoms with E-state index in [1.165, 1.54) is 38.5 Å². The van der Waals surface area contributed by atoms with Crippen LogP contribution in [0.4, 0.5) is 17.1 Å². The molecule has 0 bridgehead atoms. The fourth-order valence-corrected chi connectivity index (χ4v) is 6.04. The molecule has 0 aliphatic rings. The van der Waals surface area contributed by atoms with Crippen LogP contribution in [0.25, 0.3) is 0 Å². The number of benzene rings is 4. The van der Waals surface area contributed by atoms with Crippen LogP contribution in [0.1, 0.15) is 65.2 Å². The van der Waals surface area contributed by atoms with Gasteiger partial charge in [0, 0.05) is 30.5 Å². The summed E-state index contributed by atoms with van der Waals surface area (Å²) >= 11 is 17.6. The average Bonchev–Trinajstić information content (AvgIpc) is 3.02. The number of ether oxygens (including phenoxy) is 2. The smallest absolute Gasteiger partial charge is 0.134 e. The van der Waals surface area contributed by atoms with Gasteiger partial charge in [0.1, 0.15) is 11.5 Å². The monoisotopic (exact) mass is 913 g/mol. The molecule has 0 radical (unpaired) electrons. The molecule has 3 nitrogen and oxygen atoms in total. The van der Waals surface area contributed by atoms with Crippen LogP contribution in [0, 0.1) is 0 Å². The molecule has 236 valence electrons. The van der Waals surface area contributed by atoms with Crippen LogP contribution in [0.3, 0.4) is 0 Å². The third-order valence-corrected chi connectivity index (χ3v) is 9.58. The van der Waals surface area contributed by atoms with E-state index in [1.54, 1.807) is 0 Å². The van der Waals surface area contributed by atoms with Crippen LogP contribution in [0.5, 0.6) is 11.5 Å². The fraction of sp³-hybridized carbons (Fsp3) is 0.333. The number of anilines is 3. The number of rotatable bonds is 15. The van der Waals surface area contributed by atoms with E-state index in [2.05, 4.69) is 171 Å². The van der Waals surface area contributed by atoms with Gasteiger partial charge in [0.05, 0.1) is 22.2 Å². The minimum Gasteiger partial charge on any atom is -0.492 e. The first kappa shape index (κ1) is 37.1. The Morgan fingerprint density at radius 1 is 0.455 bits per heavy atom. The average molecular weight is 918 g/mol. The maximum absolute atomic E-state index is 5.84. The van der Waals surface area contributed by atoms with Gasteiger partial charge in [0.15, 0.2) is 0 Å². The van der Waals surface area contributed by atoms with Crippen molar-refractivity contribution < 1.29 is 9.47 Å². The minimum atomic E-state index is 0.766. The molecule has 0 aliphatic heterocycles. The van der Waals surface area contributed by atoms with E-state index in [0.29, 0.717) is 0 Å². The maximum Gasteiger partial charge on any atom is 0.134 e. The van der Waals surface area contributed by atoms with Crippen LogP contribution < -0.4 is 14.4 Å². The van der Waals surface area contributed by atoms with Gasteiger partial charge < -0.3 is 14.4 Å². The van der Waals surface area contributed by atoms with Gasteiger partial charge in [0.25, 0.3) is 0 Å². The van der Waals surface area contributed by atoms with Gasteiger partial charge in [-0.1, -0.05) is 100 Å². The minimum absolute atomic E-state index is 0.766. The Kier molecular flexibility index (Phi) is 17.5. The SMILES string of the molecule is Brc1ccc(N(c2ccc(Br)cc2)c2ccc(Br)cc2)cc1.CCCCCCOc1cc(Br)c(OCCCCCC)cc1Br. The lowest BCUT2D eigenvalue weighted by Gasteiger charge is -2.25. The van der Waals surface area contributed by atoms with E-state index < -0.39 is 0 Å². The standard InChI is InChI=1S/C18H12Br3N.C18H28Br2O2/c19-13-1-7-16(8-2-13)22(17-9-3-14(20)4-10-17)18-11-5-15(21)6-12-18;1-3-5-7-9-11-21-17-13-16(20)18(14-15(17)19)22-12-10-8-6-4-2/h1-12H;13-14H,3-12H2,1-2H3. The van der Waals surface area contributed by atoms with Gasteiger partial charge in [-0.2, -0.15) is 0 Å². The lowest BCUT2D eigenvalue weighted by Crippen LogP contribution is -2.09. The second-order valence-corrected chi connectivity index (χ2v) is 14.8. The predicted molar refractivity (Wildman–Crippen MR) is 205 cm³/mol. The lowest BCUT2D eigenvalue weighted by molar-refractivity contribution is 0.294. The van der Waals surface area contributed by atoms with Gasteiger partial charge in [-0.25, -0.2) is 0 Å². The number of nitrogens with zero attached hydrogens (tertiary/aromatic N) is 1. The highest BCUT2D eigenvalue weighted by Gasteiger charge is 2.12. The van der Waals surface area contributed by atoms with Gasteiger partial charge in [-0.3, -0.25) is 0 Å². The van der Waals surface area contributed by atoms with E-state index in [0.717, 1.165) is 77.0 Å². The van der Waals surface area contributed by atoms with Gasteiger partial charge in [-0.15, -0.1) is 0 Å². The van der Waals surface area contributed by atoms with E-state index in [1.807, 2.05) is 12.1 Å². The molecule has 0 unspecified atom stereocenters.